The van der Waals surface area contributed by atoms with Crippen LogP contribution in [-0.2, 0) is 11.2 Å². The largest absolute Gasteiger partial charge is 0.326 e. The number of pyridine rings is 1. The van der Waals surface area contributed by atoms with Crippen molar-refractivity contribution in [2.45, 2.75) is 12.8 Å². The zero-order chi connectivity index (χ0) is 16.9. The third-order valence-corrected chi connectivity index (χ3v) is 4.45. The molecule has 0 aliphatic heterocycles. The number of hydrogen-bond donors (Lipinski definition) is 1. The lowest BCUT2D eigenvalue weighted by Gasteiger charge is -2.05. The molecular weight excluding hydrogens is 349 g/mol. The van der Waals surface area contributed by atoms with Crippen LogP contribution in [0.25, 0.3) is 11.4 Å². The highest BCUT2D eigenvalue weighted by molar-refractivity contribution is 7.09. The maximum Gasteiger partial charge on any atom is 0.224 e. The van der Waals surface area contributed by atoms with Gasteiger partial charge in [0.05, 0.1) is 21.4 Å². The van der Waals surface area contributed by atoms with E-state index in [0.29, 0.717) is 12.1 Å². The lowest BCUT2D eigenvalue weighted by atomic mass is 10.2. The molecule has 0 spiro atoms. The van der Waals surface area contributed by atoms with Crippen LogP contribution in [-0.4, -0.2) is 15.9 Å². The van der Waals surface area contributed by atoms with Crippen molar-refractivity contribution in [2.24, 2.45) is 0 Å². The van der Waals surface area contributed by atoms with Crippen LogP contribution in [0.4, 0.5) is 10.1 Å². The van der Waals surface area contributed by atoms with Crippen molar-refractivity contribution in [1.82, 2.24) is 9.97 Å². The molecule has 0 atom stereocenters. The Morgan fingerprint density at radius 2 is 2.12 bits per heavy atom. The molecule has 0 fully saturated rings. The molecule has 0 saturated heterocycles. The molecule has 1 aromatic carbocycles. The summed E-state index contributed by atoms with van der Waals surface area (Å²) >= 11 is 7.19. The van der Waals surface area contributed by atoms with E-state index in [2.05, 4.69) is 15.3 Å². The Bertz CT molecular complexity index is 854. The normalized spacial score (nSPS) is 10.6. The maximum atomic E-state index is 13.1. The summed E-state index contributed by atoms with van der Waals surface area (Å²) in [6.07, 6.45) is 2.53. The molecule has 0 bridgehead atoms. The van der Waals surface area contributed by atoms with E-state index in [-0.39, 0.29) is 17.4 Å². The van der Waals surface area contributed by atoms with Gasteiger partial charge in [0.1, 0.15) is 5.82 Å². The molecule has 0 unspecified atom stereocenters. The molecule has 2 heterocycles. The van der Waals surface area contributed by atoms with Gasteiger partial charge < -0.3 is 5.32 Å². The van der Waals surface area contributed by atoms with Gasteiger partial charge in [-0.25, -0.2) is 9.37 Å². The lowest BCUT2D eigenvalue weighted by Crippen LogP contribution is -2.12. The van der Waals surface area contributed by atoms with Crippen LogP contribution in [0, 0.1) is 5.82 Å². The summed E-state index contributed by atoms with van der Waals surface area (Å²) in [6.45, 7) is 0. The fourth-order valence-corrected chi connectivity index (χ4v) is 3.05. The molecule has 1 amide bonds. The van der Waals surface area contributed by atoms with Crippen molar-refractivity contribution in [2.75, 3.05) is 5.32 Å². The maximum absolute atomic E-state index is 13.1. The number of nitrogens with one attached hydrogen (secondary N) is 1. The van der Waals surface area contributed by atoms with Gasteiger partial charge in [0, 0.05) is 30.1 Å². The Labute approximate surface area is 147 Å². The summed E-state index contributed by atoms with van der Waals surface area (Å²) in [7, 11) is 0. The summed E-state index contributed by atoms with van der Waals surface area (Å²) in [5, 5.41) is 5.46. The molecule has 0 aliphatic carbocycles. The third-order valence-electron chi connectivity index (χ3n) is 3.25. The SMILES string of the molecule is O=C(CCc1nc(-c2ccccn2)cs1)Nc1ccc(F)c(Cl)c1. The van der Waals surface area contributed by atoms with E-state index in [1.165, 1.54) is 29.5 Å². The summed E-state index contributed by atoms with van der Waals surface area (Å²) in [5.74, 6) is -0.688. The number of halogens is 2. The highest BCUT2D eigenvalue weighted by Gasteiger charge is 2.09. The number of aromatic nitrogens is 2. The molecule has 122 valence electrons. The quantitative estimate of drug-likeness (QED) is 0.724. The lowest BCUT2D eigenvalue weighted by molar-refractivity contribution is -0.116. The van der Waals surface area contributed by atoms with Crippen LogP contribution in [0.2, 0.25) is 5.02 Å². The summed E-state index contributed by atoms with van der Waals surface area (Å²) in [6, 6.07) is 9.73. The first kappa shape index (κ1) is 16.5. The van der Waals surface area contributed by atoms with Crippen LogP contribution in [0.5, 0.6) is 0 Å². The van der Waals surface area contributed by atoms with Crippen molar-refractivity contribution < 1.29 is 9.18 Å². The number of nitrogens with zero attached hydrogens (tertiary/aromatic N) is 2. The Morgan fingerprint density at radius 1 is 1.25 bits per heavy atom. The third kappa shape index (κ3) is 4.15. The summed E-state index contributed by atoms with van der Waals surface area (Å²) < 4.78 is 13.1. The number of rotatable bonds is 5. The van der Waals surface area contributed by atoms with E-state index in [9.17, 15) is 9.18 Å². The van der Waals surface area contributed by atoms with Gasteiger partial charge in [-0.1, -0.05) is 17.7 Å². The molecule has 7 heteroatoms. The van der Waals surface area contributed by atoms with Crippen LogP contribution in [0.1, 0.15) is 11.4 Å². The number of benzene rings is 1. The minimum absolute atomic E-state index is 0.0206. The van der Waals surface area contributed by atoms with Crippen molar-refractivity contribution in [3.63, 3.8) is 0 Å². The van der Waals surface area contributed by atoms with E-state index in [1.807, 2.05) is 23.6 Å². The first-order valence-corrected chi connectivity index (χ1v) is 8.48. The highest BCUT2D eigenvalue weighted by Crippen LogP contribution is 2.22. The zero-order valence-electron chi connectivity index (χ0n) is 12.5. The van der Waals surface area contributed by atoms with Crippen LogP contribution < -0.4 is 5.32 Å². The Hall–Kier alpha value is -2.31. The smallest absolute Gasteiger partial charge is 0.224 e. The van der Waals surface area contributed by atoms with Crippen LogP contribution in [0.15, 0.2) is 48.0 Å². The molecule has 1 N–H and O–H groups in total. The molecule has 0 aliphatic rings. The van der Waals surface area contributed by atoms with Crippen molar-refractivity contribution in [1.29, 1.82) is 0 Å². The number of carbonyl (C=O) groups is 1. The fraction of sp³-hybridized carbons (Fsp3) is 0.118. The molecule has 3 rings (SSSR count). The minimum Gasteiger partial charge on any atom is -0.326 e. The molecule has 0 radical (unpaired) electrons. The zero-order valence-corrected chi connectivity index (χ0v) is 14.1. The number of anilines is 1. The first-order chi connectivity index (χ1) is 11.6. The minimum atomic E-state index is -0.514. The summed E-state index contributed by atoms with van der Waals surface area (Å²) in [5.41, 5.74) is 2.09. The van der Waals surface area contributed by atoms with Gasteiger partial charge >= 0.3 is 0 Å². The van der Waals surface area contributed by atoms with Crippen LogP contribution >= 0.6 is 22.9 Å². The molecular formula is C17H13ClFN3OS. The number of hydrogen-bond acceptors (Lipinski definition) is 4. The summed E-state index contributed by atoms with van der Waals surface area (Å²) in [4.78, 5) is 20.7. The predicted molar refractivity (Wildman–Crippen MR) is 93.7 cm³/mol. The molecule has 3 aromatic rings. The van der Waals surface area contributed by atoms with Gasteiger partial charge in [-0.05, 0) is 30.3 Å². The average molecular weight is 362 g/mol. The topological polar surface area (TPSA) is 54.9 Å². The number of thiazole rings is 1. The van der Waals surface area contributed by atoms with E-state index >= 15 is 0 Å². The first-order valence-electron chi connectivity index (χ1n) is 7.22. The van der Waals surface area contributed by atoms with Gasteiger partial charge in [0.2, 0.25) is 5.91 Å². The number of carbonyl (C=O) groups excluding carboxylic acids is 1. The Morgan fingerprint density at radius 3 is 2.88 bits per heavy atom. The molecule has 0 saturated carbocycles. The van der Waals surface area contributed by atoms with Gasteiger partial charge in [-0.15, -0.1) is 11.3 Å². The van der Waals surface area contributed by atoms with Crippen molar-refractivity contribution >= 4 is 34.5 Å². The number of aryl methyl sites for hydroxylation is 1. The van der Waals surface area contributed by atoms with E-state index in [1.54, 1.807) is 6.20 Å². The van der Waals surface area contributed by atoms with E-state index < -0.39 is 5.82 Å². The molecule has 24 heavy (non-hydrogen) atoms. The van der Waals surface area contributed by atoms with Crippen molar-refractivity contribution in [3.05, 3.63) is 63.8 Å². The molecule has 2 aromatic heterocycles. The standard InChI is InChI=1S/C17H13ClFN3OS/c18-12-9-11(4-5-13(12)19)21-16(23)6-7-17-22-15(10-24-17)14-3-1-2-8-20-14/h1-5,8-10H,6-7H2,(H,21,23). The monoisotopic (exact) mass is 361 g/mol. The predicted octanol–water partition coefficient (Wildman–Crippen LogP) is 4.57. The van der Waals surface area contributed by atoms with E-state index in [0.717, 1.165) is 16.4 Å². The van der Waals surface area contributed by atoms with Gasteiger partial charge in [0.25, 0.3) is 0 Å². The van der Waals surface area contributed by atoms with Crippen molar-refractivity contribution in [3.8, 4) is 11.4 Å². The average Bonchev–Trinajstić information content (AvgIpc) is 3.06. The second-order valence-electron chi connectivity index (χ2n) is 5.02. The number of amides is 1. The highest BCUT2D eigenvalue weighted by atomic mass is 35.5. The Balaban J connectivity index is 1.56. The Kier molecular flexibility index (Phi) is 5.17. The fourth-order valence-electron chi connectivity index (χ4n) is 2.08. The second-order valence-corrected chi connectivity index (χ2v) is 6.37. The van der Waals surface area contributed by atoms with E-state index in [4.69, 9.17) is 11.6 Å². The van der Waals surface area contributed by atoms with Gasteiger partial charge in [0.15, 0.2) is 0 Å². The second kappa shape index (κ2) is 7.51. The van der Waals surface area contributed by atoms with Crippen LogP contribution in [0.3, 0.4) is 0 Å². The molecule has 4 nitrogen and oxygen atoms in total. The van der Waals surface area contributed by atoms with Gasteiger partial charge in [-0.2, -0.15) is 0 Å². The van der Waals surface area contributed by atoms with Gasteiger partial charge in [-0.3, -0.25) is 9.78 Å².